The Morgan fingerprint density at radius 2 is 1.03 bits per heavy atom. The van der Waals surface area contributed by atoms with Gasteiger partial charge in [0.2, 0.25) is 0 Å². The fourth-order valence-electron chi connectivity index (χ4n) is 3.19. The standard InChI is InChI=1S/C16H36N.C6H7F4NO3/c1-5-9-13-17(14-10-6-2,15-11-7-3)16-12-8-4;1-2-11-3(12)5(7,8)6(9,10)4(13)14/h5-16H2,1-4H3;2H2,1H3,(H,11,12)(H,13,14)/q+1;/p-1. The minimum atomic E-state index is -5.52. The second-order valence-corrected chi connectivity index (χ2v) is 7.95. The van der Waals surface area contributed by atoms with E-state index in [0.717, 1.165) is 0 Å². The van der Waals surface area contributed by atoms with E-state index in [1.165, 1.54) is 94.3 Å². The van der Waals surface area contributed by atoms with Gasteiger partial charge in [-0.2, -0.15) is 17.6 Å². The average Bonchev–Trinajstić information content (AvgIpc) is 2.73. The number of carboxylic acids is 1. The van der Waals surface area contributed by atoms with Crippen LogP contribution in [-0.4, -0.2) is 60.9 Å². The van der Waals surface area contributed by atoms with E-state index in [-0.39, 0.29) is 6.54 Å². The number of amides is 1. The molecule has 0 fully saturated rings. The van der Waals surface area contributed by atoms with Gasteiger partial charge in [0, 0.05) is 6.54 Å². The topological polar surface area (TPSA) is 69.2 Å². The maximum atomic E-state index is 12.4. The summed E-state index contributed by atoms with van der Waals surface area (Å²) in [5, 5.41) is 11.0. The summed E-state index contributed by atoms with van der Waals surface area (Å²) in [6.07, 6.45) is 11.1. The van der Waals surface area contributed by atoms with Gasteiger partial charge in [-0.25, -0.2) is 0 Å². The summed E-state index contributed by atoms with van der Waals surface area (Å²) in [5.41, 5.74) is 0. The number of nitrogens with zero attached hydrogens (tertiary/aromatic N) is 1. The van der Waals surface area contributed by atoms with Gasteiger partial charge in [-0.05, 0) is 32.6 Å². The Morgan fingerprint density at radius 3 is 1.26 bits per heavy atom. The molecule has 0 aliphatic rings. The molecule has 0 heterocycles. The van der Waals surface area contributed by atoms with Crippen LogP contribution in [0.5, 0.6) is 0 Å². The van der Waals surface area contributed by atoms with Crippen LogP contribution in [0.2, 0.25) is 0 Å². The third-order valence-corrected chi connectivity index (χ3v) is 5.22. The van der Waals surface area contributed by atoms with Crippen LogP contribution in [-0.2, 0) is 9.59 Å². The van der Waals surface area contributed by atoms with Crippen LogP contribution in [0.1, 0.15) is 86.0 Å². The number of carbonyl (C=O) groups excluding carboxylic acids is 2. The molecule has 0 radical (unpaired) electrons. The van der Waals surface area contributed by atoms with E-state index in [9.17, 15) is 32.3 Å². The van der Waals surface area contributed by atoms with Crippen LogP contribution in [0.15, 0.2) is 0 Å². The number of carbonyl (C=O) groups is 2. The van der Waals surface area contributed by atoms with Crippen molar-refractivity contribution in [3.8, 4) is 0 Å². The fourth-order valence-corrected chi connectivity index (χ4v) is 3.19. The summed E-state index contributed by atoms with van der Waals surface area (Å²) in [4.78, 5) is 20.0. The lowest BCUT2D eigenvalue weighted by atomic mass is 10.1. The van der Waals surface area contributed by atoms with E-state index in [1.54, 1.807) is 0 Å². The van der Waals surface area contributed by atoms with Crippen molar-refractivity contribution < 1.29 is 36.7 Å². The Kier molecular flexibility index (Phi) is 16.7. The summed E-state index contributed by atoms with van der Waals surface area (Å²) in [7, 11) is 0. The first kappa shape index (κ1) is 31.8. The molecule has 0 aromatic carbocycles. The molecule has 0 unspecified atom stereocenters. The molecule has 0 bridgehead atoms. The van der Waals surface area contributed by atoms with E-state index in [4.69, 9.17) is 0 Å². The molecular formula is C22H42F4N2O3. The zero-order valence-corrected chi connectivity index (χ0v) is 19.9. The van der Waals surface area contributed by atoms with Gasteiger partial charge in [0.15, 0.2) is 0 Å². The Balaban J connectivity index is 0. The highest BCUT2D eigenvalue weighted by molar-refractivity contribution is 5.91. The van der Waals surface area contributed by atoms with Gasteiger partial charge in [0.25, 0.3) is 5.91 Å². The summed E-state index contributed by atoms with van der Waals surface area (Å²) in [6, 6.07) is 0. The van der Waals surface area contributed by atoms with Crippen LogP contribution in [0, 0.1) is 0 Å². The lowest BCUT2D eigenvalue weighted by Crippen LogP contribution is -2.60. The molecular weight excluding hydrogens is 416 g/mol. The number of hydrogen-bond acceptors (Lipinski definition) is 3. The quantitative estimate of drug-likeness (QED) is 0.279. The summed E-state index contributed by atoms with van der Waals surface area (Å²) in [6.45, 7) is 15.9. The largest absolute Gasteiger partial charge is 0.544 e. The molecule has 1 amide bonds. The van der Waals surface area contributed by atoms with E-state index in [2.05, 4.69) is 27.7 Å². The van der Waals surface area contributed by atoms with Crippen molar-refractivity contribution in [2.24, 2.45) is 0 Å². The molecule has 186 valence electrons. The number of aliphatic carboxylic acids is 1. The molecule has 0 aliphatic heterocycles. The first-order valence-electron chi connectivity index (χ1n) is 11.5. The average molecular weight is 459 g/mol. The van der Waals surface area contributed by atoms with Gasteiger partial charge in [-0.1, -0.05) is 53.4 Å². The van der Waals surface area contributed by atoms with Gasteiger partial charge < -0.3 is 19.7 Å². The van der Waals surface area contributed by atoms with Crippen LogP contribution < -0.4 is 10.4 Å². The number of hydrogen-bond donors (Lipinski definition) is 1. The van der Waals surface area contributed by atoms with Gasteiger partial charge in [-0.15, -0.1) is 0 Å². The summed E-state index contributed by atoms with van der Waals surface area (Å²) < 4.78 is 50.8. The Bertz CT molecular complexity index is 466. The van der Waals surface area contributed by atoms with Crippen molar-refractivity contribution in [1.82, 2.24) is 5.32 Å². The molecule has 5 nitrogen and oxygen atoms in total. The number of quaternary nitrogens is 1. The molecule has 0 aromatic rings. The van der Waals surface area contributed by atoms with Crippen molar-refractivity contribution in [2.45, 2.75) is 97.8 Å². The first-order chi connectivity index (χ1) is 14.4. The molecule has 0 saturated carbocycles. The smallest absolute Gasteiger partial charge is 0.391 e. The molecule has 1 N–H and O–H groups in total. The van der Waals surface area contributed by atoms with E-state index in [1.807, 2.05) is 0 Å². The van der Waals surface area contributed by atoms with Gasteiger partial charge in [0.05, 0.1) is 26.2 Å². The van der Waals surface area contributed by atoms with Gasteiger partial charge >= 0.3 is 11.8 Å². The SMILES string of the molecule is CCCC[N+](CCCC)(CCCC)CCCC.CCNC(=O)C(F)(F)C(F)(F)C(=O)[O-]. The Morgan fingerprint density at radius 1 is 0.710 bits per heavy atom. The second-order valence-electron chi connectivity index (χ2n) is 7.95. The lowest BCUT2D eigenvalue weighted by Gasteiger charge is -2.39. The third-order valence-electron chi connectivity index (χ3n) is 5.22. The van der Waals surface area contributed by atoms with Crippen molar-refractivity contribution in [3.05, 3.63) is 0 Å². The van der Waals surface area contributed by atoms with Crippen molar-refractivity contribution in [2.75, 3.05) is 32.7 Å². The van der Waals surface area contributed by atoms with Crippen molar-refractivity contribution in [1.29, 1.82) is 0 Å². The van der Waals surface area contributed by atoms with E-state index >= 15 is 0 Å². The summed E-state index contributed by atoms with van der Waals surface area (Å²) >= 11 is 0. The zero-order valence-electron chi connectivity index (χ0n) is 19.9. The third kappa shape index (κ3) is 11.2. The molecule has 9 heteroatoms. The lowest BCUT2D eigenvalue weighted by molar-refractivity contribution is -0.929. The zero-order chi connectivity index (χ0) is 24.6. The minimum Gasteiger partial charge on any atom is -0.544 e. The molecule has 0 rings (SSSR count). The number of halogens is 4. The maximum absolute atomic E-state index is 12.4. The van der Waals surface area contributed by atoms with Gasteiger partial charge in [0.1, 0.15) is 5.97 Å². The molecule has 0 aromatic heterocycles. The first-order valence-corrected chi connectivity index (χ1v) is 11.5. The van der Waals surface area contributed by atoms with Crippen LogP contribution >= 0.6 is 0 Å². The highest BCUT2D eigenvalue weighted by atomic mass is 19.3. The number of alkyl halides is 4. The van der Waals surface area contributed by atoms with Gasteiger partial charge in [-0.3, -0.25) is 4.79 Å². The normalized spacial score (nSPS) is 12.2. The molecule has 0 aliphatic carbocycles. The fraction of sp³-hybridized carbons (Fsp3) is 0.909. The number of carboxylic acid groups (broad SMARTS) is 1. The minimum absolute atomic E-state index is 0.322. The van der Waals surface area contributed by atoms with Crippen molar-refractivity contribution >= 4 is 11.9 Å². The predicted molar refractivity (Wildman–Crippen MR) is 113 cm³/mol. The highest BCUT2D eigenvalue weighted by Crippen LogP contribution is 2.33. The maximum Gasteiger partial charge on any atom is 0.391 e. The second kappa shape index (κ2) is 16.3. The van der Waals surface area contributed by atoms with Crippen molar-refractivity contribution in [3.63, 3.8) is 0 Å². The molecule has 0 atom stereocenters. The van der Waals surface area contributed by atoms with Crippen LogP contribution in [0.3, 0.4) is 0 Å². The summed E-state index contributed by atoms with van der Waals surface area (Å²) in [5.74, 6) is -16.5. The van der Waals surface area contributed by atoms with E-state index in [0.29, 0.717) is 0 Å². The van der Waals surface area contributed by atoms with E-state index < -0.39 is 23.7 Å². The molecule has 0 saturated heterocycles. The molecule has 31 heavy (non-hydrogen) atoms. The Hall–Kier alpha value is -1.38. The monoisotopic (exact) mass is 458 g/mol. The Labute approximate surface area is 185 Å². The predicted octanol–water partition coefficient (Wildman–Crippen LogP) is 4.15. The highest BCUT2D eigenvalue weighted by Gasteiger charge is 2.63. The number of unbranched alkanes of at least 4 members (excludes halogenated alkanes) is 4. The number of rotatable bonds is 16. The molecule has 0 spiro atoms. The van der Waals surface area contributed by atoms with Crippen LogP contribution in [0.4, 0.5) is 17.6 Å². The van der Waals surface area contributed by atoms with Crippen LogP contribution in [0.25, 0.3) is 0 Å². The number of nitrogens with one attached hydrogen (secondary N) is 1.